The highest BCUT2D eigenvalue weighted by Gasteiger charge is 2.45. The minimum absolute atomic E-state index is 0.119. The molecule has 9 nitrogen and oxygen atoms in total. The maximum absolute atomic E-state index is 13.2. The van der Waals surface area contributed by atoms with Gasteiger partial charge in [-0.05, 0) is 25.5 Å². The number of para-hydroxylation sites is 1. The minimum atomic E-state index is -0.933. The Balaban J connectivity index is 1.45. The van der Waals surface area contributed by atoms with E-state index in [1.807, 2.05) is 6.92 Å². The molecule has 2 aliphatic heterocycles. The molecule has 3 heterocycles. The smallest absolute Gasteiger partial charge is 0.251 e. The van der Waals surface area contributed by atoms with E-state index < -0.39 is 12.1 Å². The molecule has 2 amide bonds. The Morgan fingerprint density at radius 2 is 2.06 bits per heavy atom. The standard InChI is InChI=1S/C21H23ClN4O5/c1-13-8-17(21(30)26(13)19-6-7-24(23-19)10-14(28)12-27)25-11-15(9-20(25)29)31-18-5-3-2-4-16(18)22/h2-7,9,13-14,17,27-28H,8,10-12H2,1H3/t13?,14-,17-/m0/s1. The van der Waals surface area contributed by atoms with Crippen LogP contribution >= 0.6 is 11.6 Å². The number of nitrogens with zero attached hydrogens (tertiary/aromatic N) is 4. The summed E-state index contributed by atoms with van der Waals surface area (Å²) in [6, 6.07) is 7.88. The normalized spacial score (nSPS) is 22.3. The van der Waals surface area contributed by atoms with Crippen LogP contribution in [-0.4, -0.2) is 68.0 Å². The second-order valence-corrected chi connectivity index (χ2v) is 8.06. The van der Waals surface area contributed by atoms with Crippen LogP contribution in [0.2, 0.25) is 5.02 Å². The molecule has 0 spiro atoms. The van der Waals surface area contributed by atoms with Crippen molar-refractivity contribution in [2.75, 3.05) is 18.1 Å². The van der Waals surface area contributed by atoms with Crippen molar-refractivity contribution < 1.29 is 24.5 Å². The predicted octanol–water partition coefficient (Wildman–Crippen LogP) is 1.19. The molecule has 164 valence electrons. The van der Waals surface area contributed by atoms with E-state index in [0.717, 1.165) is 0 Å². The third-order valence-electron chi connectivity index (χ3n) is 5.36. The van der Waals surface area contributed by atoms with Crippen molar-refractivity contribution in [1.29, 1.82) is 0 Å². The molecular weight excluding hydrogens is 424 g/mol. The Kier molecular flexibility index (Phi) is 5.99. The number of carbonyl (C=O) groups excluding carboxylic acids is 2. The highest BCUT2D eigenvalue weighted by Crippen LogP contribution is 2.32. The zero-order valence-electron chi connectivity index (χ0n) is 16.9. The highest BCUT2D eigenvalue weighted by atomic mass is 35.5. The number of aromatic nitrogens is 2. The first-order valence-electron chi connectivity index (χ1n) is 9.96. The fourth-order valence-electron chi connectivity index (χ4n) is 3.87. The van der Waals surface area contributed by atoms with E-state index in [9.17, 15) is 14.7 Å². The lowest BCUT2D eigenvalue weighted by Crippen LogP contribution is -2.43. The van der Waals surface area contributed by atoms with Crippen LogP contribution in [0.25, 0.3) is 0 Å². The molecule has 2 aromatic rings. The number of anilines is 1. The van der Waals surface area contributed by atoms with Gasteiger partial charge < -0.3 is 19.8 Å². The predicted molar refractivity (Wildman–Crippen MR) is 113 cm³/mol. The number of aliphatic hydroxyl groups is 2. The van der Waals surface area contributed by atoms with Gasteiger partial charge in [0.15, 0.2) is 5.82 Å². The molecule has 0 saturated carbocycles. The Morgan fingerprint density at radius 3 is 2.81 bits per heavy atom. The molecule has 10 heteroatoms. The molecule has 0 bridgehead atoms. The summed E-state index contributed by atoms with van der Waals surface area (Å²) in [5, 5.41) is 23.4. The maximum Gasteiger partial charge on any atom is 0.251 e. The molecule has 4 rings (SSSR count). The van der Waals surface area contributed by atoms with E-state index in [1.165, 1.54) is 15.7 Å². The number of ether oxygens (including phenoxy) is 1. The number of rotatable bonds is 7. The van der Waals surface area contributed by atoms with Crippen LogP contribution in [0.4, 0.5) is 5.82 Å². The number of carbonyl (C=O) groups is 2. The lowest BCUT2D eigenvalue weighted by atomic mass is 10.1. The number of aliphatic hydroxyl groups excluding tert-OH is 2. The Morgan fingerprint density at radius 1 is 1.29 bits per heavy atom. The number of hydrogen-bond donors (Lipinski definition) is 2. The van der Waals surface area contributed by atoms with E-state index in [-0.39, 0.29) is 37.6 Å². The summed E-state index contributed by atoms with van der Waals surface area (Å²) >= 11 is 6.12. The van der Waals surface area contributed by atoms with Crippen molar-refractivity contribution in [2.24, 2.45) is 0 Å². The minimum Gasteiger partial charge on any atom is -0.458 e. The van der Waals surface area contributed by atoms with Gasteiger partial charge in [-0.3, -0.25) is 19.2 Å². The number of halogens is 1. The summed E-state index contributed by atoms with van der Waals surface area (Å²) in [6.45, 7) is 1.82. The van der Waals surface area contributed by atoms with Crippen LogP contribution in [0.3, 0.4) is 0 Å². The van der Waals surface area contributed by atoms with Crippen molar-refractivity contribution in [1.82, 2.24) is 14.7 Å². The summed E-state index contributed by atoms with van der Waals surface area (Å²) in [5.41, 5.74) is 0. The molecule has 1 fully saturated rings. The van der Waals surface area contributed by atoms with Crippen molar-refractivity contribution >= 4 is 29.2 Å². The van der Waals surface area contributed by atoms with E-state index in [4.69, 9.17) is 21.4 Å². The molecule has 3 atom stereocenters. The molecule has 1 unspecified atom stereocenters. The van der Waals surface area contributed by atoms with E-state index >= 15 is 0 Å². The quantitative estimate of drug-likeness (QED) is 0.661. The summed E-state index contributed by atoms with van der Waals surface area (Å²) in [5.74, 6) is 0.817. The third kappa shape index (κ3) is 4.30. The highest BCUT2D eigenvalue weighted by molar-refractivity contribution is 6.32. The monoisotopic (exact) mass is 446 g/mol. The Bertz CT molecular complexity index is 1020. The van der Waals surface area contributed by atoms with Gasteiger partial charge in [-0.25, -0.2) is 0 Å². The zero-order valence-corrected chi connectivity index (χ0v) is 17.6. The van der Waals surface area contributed by atoms with Gasteiger partial charge in [-0.1, -0.05) is 23.7 Å². The SMILES string of the molecule is CC1C[C@H](N2CC(Oc3ccccc3Cl)=CC2=O)C(=O)N1c1ccn(C[C@H](O)CO)n1. The van der Waals surface area contributed by atoms with Crippen LogP contribution in [0, 0.1) is 0 Å². The largest absolute Gasteiger partial charge is 0.458 e. The lowest BCUT2D eigenvalue weighted by Gasteiger charge is -2.23. The van der Waals surface area contributed by atoms with Gasteiger partial charge in [-0.2, -0.15) is 5.10 Å². The fourth-order valence-corrected chi connectivity index (χ4v) is 4.04. The summed E-state index contributed by atoms with van der Waals surface area (Å²) in [6.07, 6.45) is 2.55. The molecule has 31 heavy (non-hydrogen) atoms. The molecular formula is C21H23ClN4O5. The molecule has 0 aliphatic carbocycles. The van der Waals surface area contributed by atoms with Crippen LogP contribution in [-0.2, 0) is 16.1 Å². The lowest BCUT2D eigenvalue weighted by molar-refractivity contribution is -0.133. The number of benzene rings is 1. The van der Waals surface area contributed by atoms with Crippen molar-refractivity contribution in [3.8, 4) is 5.75 Å². The zero-order chi connectivity index (χ0) is 22.1. The van der Waals surface area contributed by atoms with Gasteiger partial charge in [-0.15, -0.1) is 0 Å². The average molecular weight is 447 g/mol. The van der Waals surface area contributed by atoms with Crippen molar-refractivity contribution in [2.45, 2.75) is 38.1 Å². The first kappa shape index (κ1) is 21.4. The van der Waals surface area contributed by atoms with Gasteiger partial charge in [0.1, 0.15) is 17.6 Å². The van der Waals surface area contributed by atoms with Gasteiger partial charge in [0.2, 0.25) is 0 Å². The topological polar surface area (TPSA) is 108 Å². The third-order valence-corrected chi connectivity index (χ3v) is 5.67. The maximum atomic E-state index is 13.2. The molecule has 2 N–H and O–H groups in total. The van der Waals surface area contributed by atoms with Gasteiger partial charge in [0.05, 0.1) is 30.8 Å². The van der Waals surface area contributed by atoms with Crippen LogP contribution in [0.5, 0.6) is 5.75 Å². The van der Waals surface area contributed by atoms with Crippen molar-refractivity contribution in [3.05, 3.63) is 53.4 Å². The van der Waals surface area contributed by atoms with E-state index in [2.05, 4.69) is 5.10 Å². The van der Waals surface area contributed by atoms with E-state index in [1.54, 1.807) is 41.4 Å². The summed E-state index contributed by atoms with van der Waals surface area (Å²) in [7, 11) is 0. The van der Waals surface area contributed by atoms with E-state index in [0.29, 0.717) is 28.8 Å². The van der Waals surface area contributed by atoms with Crippen molar-refractivity contribution in [3.63, 3.8) is 0 Å². The molecule has 1 aromatic carbocycles. The molecule has 0 radical (unpaired) electrons. The Hall–Kier alpha value is -2.88. The number of amides is 2. The van der Waals surface area contributed by atoms with Gasteiger partial charge >= 0.3 is 0 Å². The molecule has 1 aromatic heterocycles. The summed E-state index contributed by atoms with van der Waals surface area (Å²) < 4.78 is 7.25. The second-order valence-electron chi connectivity index (χ2n) is 7.65. The first-order valence-corrected chi connectivity index (χ1v) is 10.3. The van der Waals surface area contributed by atoms with Gasteiger partial charge in [0, 0.05) is 24.4 Å². The second kappa shape index (κ2) is 8.70. The first-order chi connectivity index (χ1) is 14.9. The molecule has 2 aliphatic rings. The summed E-state index contributed by atoms with van der Waals surface area (Å²) in [4.78, 5) is 28.8. The van der Waals surface area contributed by atoms with Crippen LogP contribution in [0.15, 0.2) is 48.4 Å². The van der Waals surface area contributed by atoms with Gasteiger partial charge in [0.25, 0.3) is 11.8 Å². The van der Waals surface area contributed by atoms with Crippen LogP contribution in [0.1, 0.15) is 13.3 Å². The Labute approximate surface area is 184 Å². The average Bonchev–Trinajstić information content (AvgIpc) is 3.41. The van der Waals surface area contributed by atoms with Crippen LogP contribution < -0.4 is 9.64 Å². The molecule has 1 saturated heterocycles. The fraction of sp³-hybridized carbons (Fsp3) is 0.381. The number of hydrogen-bond acceptors (Lipinski definition) is 6.